The van der Waals surface area contributed by atoms with Crippen molar-refractivity contribution in [2.75, 3.05) is 42.5 Å². The Bertz CT molecular complexity index is 1610. The van der Waals surface area contributed by atoms with E-state index in [9.17, 15) is 0 Å². The summed E-state index contributed by atoms with van der Waals surface area (Å²) in [6.45, 7) is 5.25. The van der Waals surface area contributed by atoms with Gasteiger partial charge in [0.2, 0.25) is 0 Å². The van der Waals surface area contributed by atoms with Gasteiger partial charge in [0, 0.05) is 72.5 Å². The third kappa shape index (κ3) is 4.42. The molecule has 3 aromatic carbocycles. The summed E-state index contributed by atoms with van der Waals surface area (Å²) >= 11 is 0. The maximum absolute atomic E-state index is 2.46. The van der Waals surface area contributed by atoms with E-state index in [4.69, 9.17) is 0 Å². The lowest BCUT2D eigenvalue weighted by Gasteiger charge is -2.37. The molecule has 4 aliphatic rings. The average Bonchev–Trinajstić information content (AvgIpc) is 3.72. The fraction of sp³-hybridized carbons (Fsp3) is 0.235. The Balaban J connectivity index is 0.00000302. The third-order valence-electron chi connectivity index (χ3n) is 8.64. The molecule has 3 aromatic rings. The van der Waals surface area contributed by atoms with Crippen LogP contribution in [0.4, 0.5) is 17.1 Å². The van der Waals surface area contributed by atoms with Gasteiger partial charge in [0.1, 0.15) is 12.4 Å². The standard InChI is InChI=1S/C34H36N6.HI/c1-24-14-15-29(38-19-16-35(3)23-38)27(22-24)32(34-37(5)17-20-39(34)28-12-8-6-10-25(28)2)31-26-11-7-9-13-30(26)40-21-18-36(4)33(31)40;/h6-22,33-34H,23H2,1-5H3;1H/b32-31-;. The van der Waals surface area contributed by atoms with Crippen molar-refractivity contribution < 1.29 is 28.9 Å². The van der Waals surface area contributed by atoms with E-state index >= 15 is 0 Å². The summed E-state index contributed by atoms with van der Waals surface area (Å²) in [6.07, 6.45) is 13.5. The molecule has 0 amide bonds. The second-order valence-corrected chi connectivity index (χ2v) is 11.4. The van der Waals surface area contributed by atoms with Gasteiger partial charge >= 0.3 is 0 Å². The number of para-hydroxylation sites is 2. The molecule has 0 fully saturated rings. The number of rotatable bonds is 4. The monoisotopic (exact) mass is 656 g/mol. The zero-order valence-electron chi connectivity index (χ0n) is 24.3. The quantitative estimate of drug-likeness (QED) is 0.432. The van der Waals surface area contributed by atoms with Crippen LogP contribution < -0.4 is 43.6 Å². The molecule has 7 heteroatoms. The van der Waals surface area contributed by atoms with Crippen molar-refractivity contribution in [2.24, 2.45) is 0 Å². The van der Waals surface area contributed by atoms with E-state index in [2.05, 4.69) is 163 Å². The van der Waals surface area contributed by atoms with E-state index in [0.29, 0.717) is 0 Å². The Morgan fingerprint density at radius 1 is 0.780 bits per heavy atom. The summed E-state index contributed by atoms with van der Waals surface area (Å²) in [5, 5.41) is 0. The first-order chi connectivity index (χ1) is 19.4. The number of fused-ring (bicyclic) bond motifs is 3. The number of nitrogens with one attached hydrogen (secondary N) is 1. The molecule has 4 aliphatic heterocycles. The molecule has 7 rings (SSSR count). The highest BCUT2D eigenvalue weighted by atomic mass is 127. The van der Waals surface area contributed by atoms with Gasteiger partial charge in [-0.2, -0.15) is 0 Å². The summed E-state index contributed by atoms with van der Waals surface area (Å²) in [6, 6.07) is 24.6. The molecule has 4 heterocycles. The molecule has 0 saturated carbocycles. The first kappa shape index (κ1) is 27.5. The van der Waals surface area contributed by atoms with E-state index in [1.165, 1.54) is 55.4 Å². The molecule has 0 aromatic heterocycles. The number of aryl methyl sites for hydroxylation is 2. The summed E-state index contributed by atoms with van der Waals surface area (Å²) in [5.41, 5.74) is 11.6. The lowest BCUT2D eigenvalue weighted by atomic mass is 9.88. The van der Waals surface area contributed by atoms with E-state index in [1.54, 1.807) is 0 Å². The molecule has 1 N–H and O–H groups in total. The Labute approximate surface area is 260 Å². The van der Waals surface area contributed by atoms with Gasteiger partial charge in [-0.15, -0.1) is 0 Å². The minimum absolute atomic E-state index is 0. The van der Waals surface area contributed by atoms with Crippen LogP contribution in [0.2, 0.25) is 0 Å². The fourth-order valence-electron chi connectivity index (χ4n) is 6.72. The summed E-state index contributed by atoms with van der Waals surface area (Å²) in [5.74, 6) is 0. The summed E-state index contributed by atoms with van der Waals surface area (Å²) in [7, 11) is 6.61. The van der Waals surface area contributed by atoms with Gasteiger partial charge in [-0.05, 0) is 43.7 Å². The number of quaternary nitrogens is 1. The minimum Gasteiger partial charge on any atom is -1.00 e. The van der Waals surface area contributed by atoms with Crippen molar-refractivity contribution in [3.05, 3.63) is 126 Å². The van der Waals surface area contributed by atoms with Crippen molar-refractivity contribution in [1.29, 1.82) is 0 Å². The van der Waals surface area contributed by atoms with Gasteiger partial charge < -0.3 is 43.6 Å². The molecule has 3 unspecified atom stereocenters. The lowest BCUT2D eigenvalue weighted by molar-refractivity contribution is -0.835. The number of halogens is 1. The zero-order valence-corrected chi connectivity index (χ0v) is 26.4. The number of likely N-dealkylation sites (N-methyl/N-ethyl adjacent to an activating group) is 2. The molecule has 0 radical (unpaired) electrons. The van der Waals surface area contributed by atoms with Crippen molar-refractivity contribution in [1.82, 2.24) is 9.80 Å². The molecule has 0 bridgehead atoms. The van der Waals surface area contributed by atoms with Gasteiger partial charge in [0.05, 0.1) is 25.6 Å². The van der Waals surface area contributed by atoms with Crippen LogP contribution in [-0.4, -0.2) is 49.9 Å². The van der Waals surface area contributed by atoms with Crippen LogP contribution in [0.1, 0.15) is 22.3 Å². The molecular formula is C34H37IN6. The number of hydrogen-bond donors (Lipinski definition) is 1. The topological polar surface area (TPSA) is 20.6 Å². The first-order valence-electron chi connectivity index (χ1n) is 14.1. The van der Waals surface area contributed by atoms with Crippen LogP contribution in [0, 0.1) is 13.8 Å². The highest BCUT2D eigenvalue weighted by molar-refractivity contribution is 6.05. The largest absolute Gasteiger partial charge is 1.00 e. The van der Waals surface area contributed by atoms with Crippen LogP contribution in [-0.2, 0) is 0 Å². The maximum atomic E-state index is 2.46. The number of hydrogen-bond acceptors (Lipinski definition) is 5. The Hall–Kier alpha value is -3.69. The molecule has 210 valence electrons. The van der Waals surface area contributed by atoms with Gasteiger partial charge in [0.15, 0.2) is 6.17 Å². The van der Waals surface area contributed by atoms with Crippen molar-refractivity contribution in [3.63, 3.8) is 0 Å². The lowest BCUT2D eigenvalue weighted by Crippen LogP contribution is -3.08. The smallest absolute Gasteiger partial charge is 0.198 e. The van der Waals surface area contributed by atoms with Crippen LogP contribution in [0.15, 0.2) is 104 Å². The SMILES string of the molecule is Cc1ccc(N2C=CN(C)C2)c(/C(=C2\c3ccccc3N3C=C[NH+](C)C23)C2N(C)C=CN2c2ccccc2C)c1.[I-]. The van der Waals surface area contributed by atoms with Gasteiger partial charge in [-0.25, -0.2) is 0 Å². The Kier molecular flexibility index (Phi) is 7.11. The highest BCUT2D eigenvalue weighted by Crippen LogP contribution is 2.48. The number of anilines is 3. The average molecular weight is 657 g/mol. The zero-order chi connectivity index (χ0) is 27.5. The van der Waals surface area contributed by atoms with Crippen molar-refractivity contribution >= 4 is 28.2 Å². The van der Waals surface area contributed by atoms with E-state index in [0.717, 1.165) is 6.67 Å². The normalized spacial score (nSPS) is 23.4. The highest BCUT2D eigenvalue weighted by Gasteiger charge is 2.46. The van der Waals surface area contributed by atoms with Crippen LogP contribution in [0.5, 0.6) is 0 Å². The van der Waals surface area contributed by atoms with Crippen molar-refractivity contribution in [2.45, 2.75) is 26.2 Å². The van der Waals surface area contributed by atoms with Crippen LogP contribution >= 0.6 is 0 Å². The Morgan fingerprint density at radius 3 is 2.29 bits per heavy atom. The van der Waals surface area contributed by atoms with Gasteiger partial charge in [0.25, 0.3) is 0 Å². The maximum Gasteiger partial charge on any atom is 0.198 e. The molecule has 6 nitrogen and oxygen atoms in total. The van der Waals surface area contributed by atoms with E-state index in [1.807, 2.05) is 0 Å². The fourth-order valence-corrected chi connectivity index (χ4v) is 6.72. The van der Waals surface area contributed by atoms with Crippen LogP contribution in [0.25, 0.3) is 11.1 Å². The molecule has 0 aliphatic carbocycles. The molecule has 0 spiro atoms. The molecule has 41 heavy (non-hydrogen) atoms. The summed E-state index contributed by atoms with van der Waals surface area (Å²) < 4.78 is 0. The van der Waals surface area contributed by atoms with Gasteiger partial charge in [-0.1, -0.05) is 48.0 Å². The number of benzene rings is 3. The predicted octanol–water partition coefficient (Wildman–Crippen LogP) is 1.79. The molecule has 3 atom stereocenters. The second kappa shape index (κ2) is 10.6. The molecular weight excluding hydrogens is 619 g/mol. The van der Waals surface area contributed by atoms with Crippen molar-refractivity contribution in [3.8, 4) is 0 Å². The van der Waals surface area contributed by atoms with Crippen LogP contribution in [0.3, 0.4) is 0 Å². The Morgan fingerprint density at radius 2 is 1.54 bits per heavy atom. The second-order valence-electron chi connectivity index (χ2n) is 11.4. The first-order valence-corrected chi connectivity index (χ1v) is 14.1. The van der Waals surface area contributed by atoms with Gasteiger partial charge in [-0.3, -0.25) is 9.80 Å². The van der Waals surface area contributed by atoms with E-state index < -0.39 is 0 Å². The van der Waals surface area contributed by atoms with E-state index in [-0.39, 0.29) is 36.3 Å². The third-order valence-corrected chi connectivity index (χ3v) is 8.64. The minimum atomic E-state index is -0.0117. The predicted molar refractivity (Wildman–Crippen MR) is 165 cm³/mol. The molecule has 0 saturated heterocycles. The summed E-state index contributed by atoms with van der Waals surface area (Å²) in [4.78, 5) is 13.3. The number of nitrogens with zero attached hydrogens (tertiary/aromatic N) is 5.